The van der Waals surface area contributed by atoms with Gasteiger partial charge in [0.1, 0.15) is 10.1 Å². The summed E-state index contributed by atoms with van der Waals surface area (Å²) in [6, 6.07) is 9.84. The quantitative estimate of drug-likeness (QED) is 0.737. The Bertz CT molecular complexity index is 577. The molecule has 5 heteroatoms. The molecule has 0 saturated carbocycles. The van der Waals surface area contributed by atoms with Crippen molar-refractivity contribution in [2.45, 2.75) is 18.7 Å². The minimum Gasteiger partial charge on any atom is -0.744 e. The van der Waals surface area contributed by atoms with Crippen LogP contribution in [0.2, 0.25) is 0 Å². The third-order valence-electron chi connectivity index (χ3n) is 2.19. The molecule has 2 rings (SSSR count). The third-order valence-corrected chi connectivity index (χ3v) is 3.04. The van der Waals surface area contributed by atoms with E-state index in [1.165, 1.54) is 17.7 Å². The molecule has 0 fully saturated rings. The van der Waals surface area contributed by atoms with Crippen molar-refractivity contribution in [2.75, 3.05) is 0 Å². The molecule has 4 nitrogen and oxygen atoms in total. The predicted octanol–water partition coefficient (Wildman–Crippen LogP) is 1.71. The molecular weight excluding hydrogens is 250 g/mol. The van der Waals surface area contributed by atoms with Crippen LogP contribution in [0.5, 0.6) is 0 Å². The van der Waals surface area contributed by atoms with Gasteiger partial charge in [-0.15, -0.1) is 0 Å². The first-order valence-corrected chi connectivity index (χ1v) is 6.76. The number of aromatic amines is 1. The molecule has 18 heavy (non-hydrogen) atoms. The maximum absolute atomic E-state index is 10.4. The van der Waals surface area contributed by atoms with Crippen molar-refractivity contribution in [1.29, 1.82) is 0 Å². The van der Waals surface area contributed by atoms with Crippen LogP contribution in [-0.2, 0) is 10.1 Å². The fraction of sp³-hybridized carbons (Fsp3) is 0.154. The van der Waals surface area contributed by atoms with Gasteiger partial charge in [-0.1, -0.05) is 17.7 Å². The highest BCUT2D eigenvalue weighted by Gasteiger charge is 1.97. The number of pyridine rings is 1. The molecule has 0 radical (unpaired) electrons. The molecule has 1 N–H and O–H groups in total. The summed E-state index contributed by atoms with van der Waals surface area (Å²) >= 11 is 0. The third kappa shape index (κ3) is 5.07. The van der Waals surface area contributed by atoms with Crippen LogP contribution >= 0.6 is 0 Å². The van der Waals surface area contributed by atoms with Crippen molar-refractivity contribution < 1.29 is 18.0 Å². The molecule has 0 amide bonds. The molecule has 1 aromatic carbocycles. The van der Waals surface area contributed by atoms with Gasteiger partial charge < -0.3 is 4.55 Å². The molecule has 0 saturated heterocycles. The Kier molecular flexibility index (Phi) is 5.00. The van der Waals surface area contributed by atoms with Gasteiger partial charge in [0.25, 0.3) is 0 Å². The van der Waals surface area contributed by atoms with Crippen LogP contribution in [0.1, 0.15) is 11.1 Å². The molecule has 0 bridgehead atoms. The number of aryl methyl sites for hydroxylation is 2. The van der Waals surface area contributed by atoms with Crippen molar-refractivity contribution in [3.63, 3.8) is 0 Å². The van der Waals surface area contributed by atoms with E-state index in [2.05, 4.69) is 11.9 Å². The SMILES string of the molecule is Cc1cc[nH+]cc1.Cc1ccc(S(=O)(=O)[O-])cc1. The van der Waals surface area contributed by atoms with E-state index in [9.17, 15) is 13.0 Å². The summed E-state index contributed by atoms with van der Waals surface area (Å²) in [6.07, 6.45) is 3.82. The standard InChI is InChI=1S/C7H8O3S.C6H7N/c1-6-2-4-7(5-3-6)11(8,9)10;1-6-2-4-7-5-3-6/h2-5H,1H3,(H,8,9,10);2-5H,1H3. The lowest BCUT2D eigenvalue weighted by Crippen LogP contribution is -1.97. The summed E-state index contributed by atoms with van der Waals surface area (Å²) in [4.78, 5) is 2.76. The van der Waals surface area contributed by atoms with Crippen LogP contribution in [0, 0.1) is 13.8 Å². The monoisotopic (exact) mass is 265 g/mol. The van der Waals surface area contributed by atoms with Gasteiger partial charge in [0.2, 0.25) is 0 Å². The van der Waals surface area contributed by atoms with Crippen molar-refractivity contribution >= 4 is 10.1 Å². The molecule has 1 heterocycles. The molecule has 0 aliphatic rings. The Morgan fingerprint density at radius 3 is 1.67 bits per heavy atom. The Hall–Kier alpha value is -1.72. The van der Waals surface area contributed by atoms with Gasteiger partial charge in [-0.05, 0) is 31.5 Å². The zero-order valence-electron chi connectivity index (χ0n) is 10.3. The maximum atomic E-state index is 10.4. The van der Waals surface area contributed by atoms with Gasteiger partial charge in [0.15, 0.2) is 12.4 Å². The molecule has 0 atom stereocenters. The van der Waals surface area contributed by atoms with E-state index < -0.39 is 10.1 Å². The van der Waals surface area contributed by atoms with E-state index in [4.69, 9.17) is 0 Å². The van der Waals surface area contributed by atoms with E-state index in [1.807, 2.05) is 31.5 Å². The number of hydrogen-bond acceptors (Lipinski definition) is 3. The second-order valence-corrected chi connectivity index (χ2v) is 5.22. The molecule has 0 aliphatic carbocycles. The summed E-state index contributed by atoms with van der Waals surface area (Å²) in [5, 5.41) is 0. The van der Waals surface area contributed by atoms with Gasteiger partial charge in [-0.3, -0.25) is 0 Å². The van der Waals surface area contributed by atoms with Crippen molar-refractivity contribution in [3.05, 3.63) is 59.9 Å². The average Bonchev–Trinajstić information content (AvgIpc) is 2.30. The minimum atomic E-state index is -4.27. The number of rotatable bonds is 1. The number of nitrogens with one attached hydrogen (secondary N) is 1. The summed E-state index contributed by atoms with van der Waals surface area (Å²) in [5.41, 5.74) is 2.22. The lowest BCUT2D eigenvalue weighted by Gasteiger charge is -2.05. The molecule has 96 valence electrons. The zero-order valence-corrected chi connectivity index (χ0v) is 11.1. The Balaban J connectivity index is 0.000000199. The fourth-order valence-corrected chi connectivity index (χ4v) is 1.64. The summed E-state index contributed by atoms with van der Waals surface area (Å²) < 4.78 is 31.2. The first-order valence-electron chi connectivity index (χ1n) is 5.35. The Morgan fingerprint density at radius 2 is 1.33 bits per heavy atom. The van der Waals surface area contributed by atoms with Crippen molar-refractivity contribution in [3.8, 4) is 0 Å². The molecular formula is C13H15NO3S. The van der Waals surface area contributed by atoms with Crippen LogP contribution in [0.4, 0.5) is 0 Å². The number of hydrogen-bond donors (Lipinski definition) is 0. The zero-order chi connectivity index (χ0) is 13.6. The molecule has 0 aliphatic heterocycles. The maximum Gasteiger partial charge on any atom is 0.167 e. The number of benzene rings is 1. The number of aromatic nitrogens is 1. The van der Waals surface area contributed by atoms with Crippen LogP contribution in [-0.4, -0.2) is 13.0 Å². The smallest absolute Gasteiger partial charge is 0.167 e. The molecule has 2 aromatic rings. The van der Waals surface area contributed by atoms with E-state index in [0.717, 1.165) is 5.56 Å². The highest BCUT2D eigenvalue weighted by atomic mass is 32.2. The summed E-state index contributed by atoms with van der Waals surface area (Å²) in [6.45, 7) is 3.88. The first-order chi connectivity index (χ1) is 8.39. The van der Waals surface area contributed by atoms with Crippen LogP contribution < -0.4 is 4.98 Å². The van der Waals surface area contributed by atoms with Gasteiger partial charge >= 0.3 is 0 Å². The van der Waals surface area contributed by atoms with E-state index in [0.29, 0.717) is 0 Å². The van der Waals surface area contributed by atoms with Crippen molar-refractivity contribution in [2.24, 2.45) is 0 Å². The minimum absolute atomic E-state index is 0.178. The normalized spacial score (nSPS) is 10.4. The average molecular weight is 265 g/mol. The van der Waals surface area contributed by atoms with Gasteiger partial charge in [0.05, 0.1) is 4.90 Å². The van der Waals surface area contributed by atoms with Crippen LogP contribution in [0.3, 0.4) is 0 Å². The topological polar surface area (TPSA) is 71.3 Å². The Morgan fingerprint density at radius 1 is 0.889 bits per heavy atom. The molecule has 0 unspecified atom stereocenters. The summed E-state index contributed by atoms with van der Waals surface area (Å²) in [5.74, 6) is 0. The summed E-state index contributed by atoms with van der Waals surface area (Å²) in [7, 11) is -4.27. The largest absolute Gasteiger partial charge is 0.744 e. The van der Waals surface area contributed by atoms with E-state index >= 15 is 0 Å². The van der Waals surface area contributed by atoms with Crippen LogP contribution in [0.15, 0.2) is 53.7 Å². The Labute approximate surface area is 107 Å². The second kappa shape index (κ2) is 6.28. The van der Waals surface area contributed by atoms with Gasteiger partial charge in [0, 0.05) is 12.1 Å². The van der Waals surface area contributed by atoms with Gasteiger partial charge in [-0.2, -0.15) is 0 Å². The van der Waals surface area contributed by atoms with E-state index in [-0.39, 0.29) is 4.90 Å². The highest BCUT2D eigenvalue weighted by molar-refractivity contribution is 7.85. The lowest BCUT2D eigenvalue weighted by molar-refractivity contribution is -0.378. The lowest BCUT2D eigenvalue weighted by atomic mass is 10.2. The van der Waals surface area contributed by atoms with E-state index in [1.54, 1.807) is 12.1 Å². The van der Waals surface area contributed by atoms with Crippen LogP contribution in [0.25, 0.3) is 0 Å². The molecule has 1 aromatic heterocycles. The second-order valence-electron chi connectivity index (χ2n) is 3.84. The fourth-order valence-electron chi connectivity index (χ4n) is 1.18. The van der Waals surface area contributed by atoms with Gasteiger partial charge in [-0.25, -0.2) is 13.4 Å². The highest BCUT2D eigenvalue weighted by Crippen LogP contribution is 2.08. The first kappa shape index (κ1) is 14.3. The number of H-pyrrole nitrogens is 1. The molecule has 0 spiro atoms. The predicted molar refractivity (Wildman–Crippen MR) is 66.9 cm³/mol. The van der Waals surface area contributed by atoms with Crippen molar-refractivity contribution in [1.82, 2.24) is 0 Å².